The van der Waals surface area contributed by atoms with E-state index >= 15 is 0 Å². The first kappa shape index (κ1) is 22.9. The van der Waals surface area contributed by atoms with Gasteiger partial charge in [0.1, 0.15) is 24.7 Å². The average molecular weight is 467 g/mol. The molecular weight excluding hydrogens is 436 g/mol. The van der Waals surface area contributed by atoms with Crippen molar-refractivity contribution < 1.29 is 9.47 Å². The largest absolute Gasteiger partial charge is 0.490 e. The molecule has 4 aromatic rings. The van der Waals surface area contributed by atoms with E-state index in [9.17, 15) is 0 Å². The summed E-state index contributed by atoms with van der Waals surface area (Å²) in [5, 5.41) is 6.13. The maximum absolute atomic E-state index is 5.92. The molecule has 0 aliphatic carbocycles. The van der Waals surface area contributed by atoms with E-state index in [-0.39, 0.29) is 0 Å². The average Bonchev–Trinajstić information content (AvgIpc) is 3.34. The molecule has 0 unspecified atom stereocenters. The lowest BCUT2D eigenvalue weighted by Crippen LogP contribution is -2.26. The highest BCUT2D eigenvalue weighted by atomic mass is 16.5. The first-order valence-corrected chi connectivity index (χ1v) is 12.0. The second kappa shape index (κ2) is 11.0. The molecule has 1 N–H and O–H groups in total. The maximum atomic E-state index is 5.92. The van der Waals surface area contributed by atoms with Gasteiger partial charge in [0.15, 0.2) is 0 Å². The smallest absolute Gasteiger partial charge is 0.122 e. The molecule has 1 saturated heterocycles. The van der Waals surface area contributed by atoms with Crippen LogP contribution in [0.2, 0.25) is 0 Å². The van der Waals surface area contributed by atoms with Gasteiger partial charge in [-0.3, -0.25) is 14.9 Å². The van der Waals surface area contributed by atoms with E-state index in [1.807, 2.05) is 30.6 Å². The maximum Gasteiger partial charge on any atom is 0.122 e. The van der Waals surface area contributed by atoms with Crippen molar-refractivity contribution in [3.8, 4) is 5.75 Å². The molecule has 6 nitrogen and oxygen atoms in total. The van der Waals surface area contributed by atoms with Gasteiger partial charge >= 0.3 is 0 Å². The number of hydrogen-bond donors (Lipinski definition) is 1. The van der Waals surface area contributed by atoms with Crippen molar-refractivity contribution in [3.63, 3.8) is 0 Å². The fraction of sp³-hybridized carbons (Fsp3) is 0.241. The Bertz CT molecular complexity index is 1270. The van der Waals surface area contributed by atoms with Gasteiger partial charge in [-0.2, -0.15) is 0 Å². The molecule has 0 amide bonds. The summed E-state index contributed by atoms with van der Waals surface area (Å²) in [7, 11) is 0. The minimum absolute atomic E-state index is 0.429. The zero-order valence-electron chi connectivity index (χ0n) is 19.8. The number of nitrogens with zero attached hydrogens (tertiary/aromatic N) is 3. The zero-order chi connectivity index (χ0) is 23.9. The van der Waals surface area contributed by atoms with Crippen molar-refractivity contribution in [2.45, 2.75) is 19.0 Å². The number of likely N-dealkylation sites (tertiary alicyclic amines) is 1. The molecule has 2 aromatic carbocycles. The van der Waals surface area contributed by atoms with Crippen LogP contribution in [0, 0.1) is 0 Å². The Labute approximate surface area is 206 Å². The summed E-state index contributed by atoms with van der Waals surface area (Å²) in [6, 6.07) is 21.0. The van der Waals surface area contributed by atoms with Gasteiger partial charge in [-0.25, -0.2) is 0 Å². The van der Waals surface area contributed by atoms with Gasteiger partial charge in [-0.1, -0.05) is 30.8 Å². The van der Waals surface area contributed by atoms with Crippen molar-refractivity contribution in [1.29, 1.82) is 0 Å². The summed E-state index contributed by atoms with van der Waals surface area (Å²) in [5.41, 5.74) is 3.31. The molecule has 1 aliphatic heterocycles. The number of pyridine rings is 2. The van der Waals surface area contributed by atoms with E-state index in [0.29, 0.717) is 25.0 Å². The summed E-state index contributed by atoms with van der Waals surface area (Å²) >= 11 is 0. The minimum Gasteiger partial charge on any atom is -0.490 e. The quantitative estimate of drug-likeness (QED) is 0.250. The summed E-state index contributed by atoms with van der Waals surface area (Å²) < 4.78 is 11.6. The Morgan fingerprint density at radius 2 is 1.91 bits per heavy atom. The molecule has 0 radical (unpaired) electrons. The van der Waals surface area contributed by atoms with E-state index in [2.05, 4.69) is 69.2 Å². The predicted octanol–water partition coefficient (Wildman–Crippen LogP) is 5.38. The summed E-state index contributed by atoms with van der Waals surface area (Å²) in [4.78, 5) is 10.8. The Morgan fingerprint density at radius 3 is 2.83 bits per heavy atom. The molecule has 1 atom stereocenters. The molecule has 0 spiro atoms. The van der Waals surface area contributed by atoms with Crippen LogP contribution in [-0.4, -0.2) is 47.2 Å². The summed E-state index contributed by atoms with van der Waals surface area (Å²) in [6.45, 7) is 7.83. The monoisotopic (exact) mass is 466 g/mol. The third kappa shape index (κ3) is 5.97. The number of nitrogens with one attached hydrogen (secondary N) is 1. The Balaban J connectivity index is 1.09. The van der Waals surface area contributed by atoms with Crippen molar-refractivity contribution in [3.05, 3.63) is 103 Å². The zero-order valence-corrected chi connectivity index (χ0v) is 19.8. The van der Waals surface area contributed by atoms with Crippen molar-refractivity contribution >= 4 is 22.2 Å². The Morgan fingerprint density at radius 1 is 1.00 bits per heavy atom. The number of fused-ring (bicyclic) bond motifs is 1. The summed E-state index contributed by atoms with van der Waals surface area (Å²) in [6.07, 6.45) is 8.36. The van der Waals surface area contributed by atoms with Crippen LogP contribution in [0.3, 0.4) is 0 Å². The van der Waals surface area contributed by atoms with Crippen molar-refractivity contribution in [2.75, 3.05) is 31.6 Å². The van der Waals surface area contributed by atoms with E-state index in [1.54, 1.807) is 12.4 Å². The van der Waals surface area contributed by atoms with Crippen molar-refractivity contribution in [2.24, 2.45) is 0 Å². The number of rotatable bonds is 10. The standard InChI is InChI=1S/C29H30N4O2/c1-22(24-7-4-12-30-18-24)34-15-16-35-27-8-2-5-23(17-27)20-33-14-11-26(21-33)32-29-9-3-6-25-19-31-13-10-28(25)29/h2-10,12-13,17-19,26,32H,1,11,14-16,20-21H2/t26-/m0/s1. The number of ether oxygens (including phenoxy) is 2. The van der Waals surface area contributed by atoms with Gasteiger partial charge < -0.3 is 14.8 Å². The van der Waals surface area contributed by atoms with E-state index in [4.69, 9.17) is 9.47 Å². The third-order valence-corrected chi connectivity index (χ3v) is 6.23. The number of benzene rings is 2. The highest BCUT2D eigenvalue weighted by Gasteiger charge is 2.22. The number of anilines is 1. The van der Waals surface area contributed by atoms with Crippen LogP contribution in [0.1, 0.15) is 17.5 Å². The first-order valence-electron chi connectivity index (χ1n) is 12.0. The second-order valence-electron chi connectivity index (χ2n) is 8.78. The molecule has 1 fully saturated rings. The van der Waals surface area contributed by atoms with Gasteiger partial charge in [-0.05, 0) is 48.4 Å². The number of hydrogen-bond acceptors (Lipinski definition) is 6. The lowest BCUT2D eigenvalue weighted by Gasteiger charge is -2.19. The highest BCUT2D eigenvalue weighted by molar-refractivity contribution is 5.93. The molecule has 35 heavy (non-hydrogen) atoms. The van der Waals surface area contributed by atoms with Crippen molar-refractivity contribution in [1.82, 2.24) is 14.9 Å². The van der Waals surface area contributed by atoms with Gasteiger partial charge in [0.2, 0.25) is 0 Å². The second-order valence-corrected chi connectivity index (χ2v) is 8.78. The Kier molecular flexibility index (Phi) is 7.20. The predicted molar refractivity (Wildman–Crippen MR) is 140 cm³/mol. The molecule has 0 saturated carbocycles. The topological polar surface area (TPSA) is 59.5 Å². The molecule has 6 heteroatoms. The third-order valence-electron chi connectivity index (χ3n) is 6.23. The molecule has 178 valence electrons. The molecular formula is C29H30N4O2. The van der Waals surface area contributed by atoms with Gasteiger partial charge in [0, 0.05) is 72.5 Å². The molecule has 2 aromatic heterocycles. The number of aromatic nitrogens is 2. The SMILES string of the molecule is C=C(OCCOc1cccc(CN2CC[C@H](Nc3cccc4cnccc34)C2)c1)c1cccnc1. The highest BCUT2D eigenvalue weighted by Crippen LogP contribution is 2.25. The molecule has 3 heterocycles. The van der Waals surface area contributed by atoms with Crippen LogP contribution in [-0.2, 0) is 11.3 Å². The lowest BCUT2D eigenvalue weighted by atomic mass is 10.1. The van der Waals surface area contributed by atoms with Crippen LogP contribution in [0.5, 0.6) is 5.75 Å². The van der Waals surface area contributed by atoms with Crippen LogP contribution in [0.15, 0.2) is 92.0 Å². The van der Waals surface area contributed by atoms with E-state index < -0.39 is 0 Å². The fourth-order valence-corrected chi connectivity index (χ4v) is 4.49. The summed E-state index contributed by atoms with van der Waals surface area (Å²) in [5.74, 6) is 1.46. The minimum atomic E-state index is 0.429. The van der Waals surface area contributed by atoms with Crippen LogP contribution >= 0.6 is 0 Å². The van der Waals surface area contributed by atoms with Gasteiger partial charge in [-0.15, -0.1) is 0 Å². The molecule has 1 aliphatic rings. The van der Waals surface area contributed by atoms with E-state index in [0.717, 1.165) is 42.8 Å². The molecule has 0 bridgehead atoms. The van der Waals surface area contributed by atoms with Gasteiger partial charge in [0.25, 0.3) is 0 Å². The lowest BCUT2D eigenvalue weighted by molar-refractivity contribution is 0.195. The van der Waals surface area contributed by atoms with Gasteiger partial charge in [0.05, 0.1) is 0 Å². The molecule has 5 rings (SSSR count). The van der Waals surface area contributed by atoms with Crippen LogP contribution in [0.25, 0.3) is 16.5 Å². The Hall–Kier alpha value is -3.90. The van der Waals surface area contributed by atoms with Crippen LogP contribution in [0.4, 0.5) is 5.69 Å². The fourth-order valence-electron chi connectivity index (χ4n) is 4.49. The van der Waals surface area contributed by atoms with E-state index in [1.165, 1.54) is 16.6 Å². The van der Waals surface area contributed by atoms with Crippen LogP contribution < -0.4 is 10.1 Å². The first-order chi connectivity index (χ1) is 17.2. The normalized spacial score (nSPS) is 15.7.